The van der Waals surface area contributed by atoms with Gasteiger partial charge in [-0.15, -0.1) is 0 Å². The Morgan fingerprint density at radius 1 is 1.00 bits per heavy atom. The second-order valence-corrected chi connectivity index (χ2v) is 5.52. The molecule has 22 heavy (non-hydrogen) atoms. The van der Waals surface area contributed by atoms with E-state index in [-0.39, 0.29) is 63.9 Å². The molecule has 0 amide bonds. The van der Waals surface area contributed by atoms with E-state index in [0.29, 0.717) is 12.8 Å². The van der Waals surface area contributed by atoms with E-state index in [9.17, 15) is 15.0 Å². The van der Waals surface area contributed by atoms with Crippen LogP contribution in [0.3, 0.4) is 0 Å². The zero-order valence-corrected chi connectivity index (χ0v) is 17.6. The van der Waals surface area contributed by atoms with Gasteiger partial charge in [0.1, 0.15) is 0 Å². The quantitative estimate of drug-likeness (QED) is 0.286. The van der Waals surface area contributed by atoms with Crippen LogP contribution >= 0.6 is 0 Å². The van der Waals surface area contributed by atoms with Gasteiger partial charge in [0.25, 0.3) is 0 Å². The van der Waals surface area contributed by atoms with Gasteiger partial charge in [-0.05, 0) is 51.4 Å². The summed E-state index contributed by atoms with van der Waals surface area (Å²) in [6.07, 6.45) is 18.1. The summed E-state index contributed by atoms with van der Waals surface area (Å²) < 4.78 is 0. The molecule has 0 rings (SSSR count). The molecule has 0 aromatic rings. The summed E-state index contributed by atoms with van der Waals surface area (Å²) in [6, 6.07) is 0. The summed E-state index contributed by atoms with van der Waals surface area (Å²) in [5, 5.41) is 20.0. The van der Waals surface area contributed by atoms with E-state index in [4.69, 9.17) is 0 Å². The van der Waals surface area contributed by atoms with Crippen LogP contribution in [0, 0.1) is 0 Å². The fourth-order valence-electron chi connectivity index (χ4n) is 2.10. The number of aliphatic hydroxyl groups excluding tert-OH is 1. The van der Waals surface area contributed by atoms with Gasteiger partial charge in [-0.1, -0.05) is 50.5 Å². The first kappa shape index (κ1) is 24.8. The smallest absolute Gasteiger partial charge is 0.550 e. The molecule has 122 valence electrons. The Hall–Kier alpha value is 0.546. The van der Waals surface area contributed by atoms with Gasteiger partial charge < -0.3 is 15.0 Å². The summed E-state index contributed by atoms with van der Waals surface area (Å²) in [4.78, 5) is 10.2. The maximum absolute atomic E-state index is 10.2. The van der Waals surface area contributed by atoms with Crippen LogP contribution < -0.4 is 56.5 Å². The van der Waals surface area contributed by atoms with Gasteiger partial charge in [-0.25, -0.2) is 0 Å². The third-order valence-electron chi connectivity index (χ3n) is 3.41. The van der Waals surface area contributed by atoms with Crippen molar-refractivity contribution in [2.75, 3.05) is 0 Å². The SMILES string of the molecule is CCCCC/C=C\C/C=C\CCC(O)CCCCC(=O)[O-].[K+]. The average Bonchev–Trinajstić information content (AvgIpc) is 2.45. The predicted molar refractivity (Wildman–Crippen MR) is 85.8 cm³/mol. The van der Waals surface area contributed by atoms with Gasteiger partial charge in [-0.3, -0.25) is 0 Å². The summed E-state index contributed by atoms with van der Waals surface area (Å²) >= 11 is 0. The molecule has 0 heterocycles. The number of rotatable bonds is 14. The van der Waals surface area contributed by atoms with Crippen molar-refractivity contribution in [3.63, 3.8) is 0 Å². The number of carbonyl (C=O) groups excluding carboxylic acids is 1. The van der Waals surface area contributed by atoms with E-state index in [1.54, 1.807) is 0 Å². The van der Waals surface area contributed by atoms with Crippen molar-refractivity contribution < 1.29 is 66.4 Å². The molecule has 4 heteroatoms. The molecule has 1 atom stereocenters. The standard InChI is InChI=1S/C18H32O3.K/c1-2-3-4-5-6-7-8-9-10-11-14-17(19)15-12-13-16-18(20)21;/h6-7,9-10,17,19H,2-5,8,11-16H2,1H3,(H,20,21);/q;+1/p-1/b7-6-,10-9-;. The number of carboxylic acids is 1. The van der Waals surface area contributed by atoms with Gasteiger partial charge in [0.15, 0.2) is 0 Å². The van der Waals surface area contributed by atoms with Crippen molar-refractivity contribution in [3.05, 3.63) is 24.3 Å². The Bertz CT molecular complexity index is 301. The van der Waals surface area contributed by atoms with E-state index in [1.165, 1.54) is 25.7 Å². The van der Waals surface area contributed by atoms with Gasteiger partial charge in [-0.2, -0.15) is 0 Å². The maximum Gasteiger partial charge on any atom is 1.00 e. The van der Waals surface area contributed by atoms with Crippen LogP contribution in [0.2, 0.25) is 0 Å². The number of hydrogen-bond acceptors (Lipinski definition) is 3. The molecule has 0 aliphatic heterocycles. The number of hydrogen-bond donors (Lipinski definition) is 1. The van der Waals surface area contributed by atoms with E-state index >= 15 is 0 Å². The first-order chi connectivity index (χ1) is 10.2. The zero-order chi connectivity index (χ0) is 15.8. The van der Waals surface area contributed by atoms with Crippen LogP contribution in [0.5, 0.6) is 0 Å². The van der Waals surface area contributed by atoms with Crippen molar-refractivity contribution in [1.82, 2.24) is 0 Å². The summed E-state index contributed by atoms with van der Waals surface area (Å²) in [5.41, 5.74) is 0. The molecule has 1 N–H and O–H groups in total. The fraction of sp³-hybridized carbons (Fsp3) is 0.722. The second kappa shape index (κ2) is 19.6. The number of carboxylic acid groups (broad SMARTS) is 1. The maximum atomic E-state index is 10.2. The summed E-state index contributed by atoms with van der Waals surface area (Å²) in [7, 11) is 0. The molecule has 0 radical (unpaired) electrons. The van der Waals surface area contributed by atoms with Crippen LogP contribution in [0.15, 0.2) is 24.3 Å². The van der Waals surface area contributed by atoms with Crippen molar-refractivity contribution in [1.29, 1.82) is 0 Å². The molecule has 0 aliphatic carbocycles. The van der Waals surface area contributed by atoms with Gasteiger partial charge in [0, 0.05) is 5.97 Å². The molecule has 1 unspecified atom stereocenters. The molecule has 0 fully saturated rings. The molecular formula is C18H31KO3. The number of carbonyl (C=O) groups is 1. The Kier molecular flexibility index (Phi) is 22.1. The Morgan fingerprint density at radius 3 is 2.32 bits per heavy atom. The monoisotopic (exact) mass is 334 g/mol. The molecule has 0 saturated carbocycles. The fourth-order valence-corrected chi connectivity index (χ4v) is 2.10. The molecular weight excluding hydrogens is 303 g/mol. The third kappa shape index (κ3) is 20.5. The third-order valence-corrected chi connectivity index (χ3v) is 3.41. The Labute approximate surface area is 178 Å². The molecule has 0 aromatic heterocycles. The Morgan fingerprint density at radius 2 is 1.68 bits per heavy atom. The van der Waals surface area contributed by atoms with E-state index < -0.39 is 5.97 Å². The van der Waals surface area contributed by atoms with Crippen molar-refractivity contribution in [2.24, 2.45) is 0 Å². The molecule has 0 aromatic carbocycles. The molecule has 0 saturated heterocycles. The summed E-state index contributed by atoms with van der Waals surface area (Å²) in [5.74, 6) is -1.00. The molecule has 0 spiro atoms. The van der Waals surface area contributed by atoms with Crippen molar-refractivity contribution in [2.45, 2.75) is 83.7 Å². The average molecular weight is 335 g/mol. The first-order valence-electron chi connectivity index (χ1n) is 8.34. The Balaban J connectivity index is 0. The molecule has 0 aliphatic rings. The normalized spacial score (nSPS) is 12.6. The van der Waals surface area contributed by atoms with Crippen LogP contribution in [0.1, 0.15) is 77.6 Å². The van der Waals surface area contributed by atoms with Crippen molar-refractivity contribution >= 4 is 5.97 Å². The minimum Gasteiger partial charge on any atom is -0.550 e. The number of aliphatic carboxylic acids is 1. The largest absolute Gasteiger partial charge is 1.00 e. The first-order valence-corrected chi connectivity index (χ1v) is 8.34. The molecule has 0 bridgehead atoms. The minimum absolute atomic E-state index is 0. The van der Waals surface area contributed by atoms with E-state index in [1.807, 2.05) is 0 Å². The van der Waals surface area contributed by atoms with Gasteiger partial charge in [0.05, 0.1) is 6.10 Å². The summed E-state index contributed by atoms with van der Waals surface area (Å²) in [6.45, 7) is 2.21. The minimum atomic E-state index is -1.00. The van der Waals surface area contributed by atoms with Crippen LogP contribution in [0.4, 0.5) is 0 Å². The molecule has 3 nitrogen and oxygen atoms in total. The van der Waals surface area contributed by atoms with Crippen molar-refractivity contribution in [3.8, 4) is 0 Å². The number of allylic oxidation sites excluding steroid dienone is 4. The van der Waals surface area contributed by atoms with Gasteiger partial charge in [0.2, 0.25) is 0 Å². The van der Waals surface area contributed by atoms with E-state index in [2.05, 4.69) is 31.2 Å². The van der Waals surface area contributed by atoms with Crippen LogP contribution in [0.25, 0.3) is 0 Å². The predicted octanol–water partition coefficient (Wildman–Crippen LogP) is 0.525. The number of unbranched alkanes of at least 4 members (excludes halogenated alkanes) is 4. The topological polar surface area (TPSA) is 60.4 Å². The van der Waals surface area contributed by atoms with Gasteiger partial charge >= 0.3 is 51.4 Å². The van der Waals surface area contributed by atoms with E-state index in [0.717, 1.165) is 25.7 Å². The number of aliphatic hydroxyl groups is 1. The zero-order valence-electron chi connectivity index (χ0n) is 14.4. The second-order valence-electron chi connectivity index (χ2n) is 5.52. The van der Waals surface area contributed by atoms with Crippen LogP contribution in [-0.4, -0.2) is 17.2 Å². The van der Waals surface area contributed by atoms with Crippen LogP contribution in [-0.2, 0) is 4.79 Å².